The van der Waals surface area contributed by atoms with E-state index in [1.54, 1.807) is 6.08 Å². The molecule has 0 heterocycles. The van der Waals surface area contributed by atoms with Gasteiger partial charge in [0.2, 0.25) is 0 Å². The minimum absolute atomic E-state index is 0.537. The fourth-order valence-corrected chi connectivity index (χ4v) is 1.73. The van der Waals surface area contributed by atoms with Crippen LogP contribution >= 0.6 is 0 Å². The van der Waals surface area contributed by atoms with Gasteiger partial charge in [-0.1, -0.05) is 79.4 Å². The minimum Gasteiger partial charge on any atom is -0.490 e. The Morgan fingerprint density at radius 3 is 2.00 bits per heavy atom. The van der Waals surface area contributed by atoms with Gasteiger partial charge in [0.25, 0.3) is 0 Å². The molecule has 1 nitrogen and oxygen atoms in total. The van der Waals surface area contributed by atoms with Crippen molar-refractivity contribution in [3.05, 3.63) is 90.5 Å². The van der Waals surface area contributed by atoms with E-state index in [2.05, 4.69) is 30.9 Å². The molecule has 0 radical (unpaired) electrons. The number of hydrogen-bond acceptors (Lipinski definition) is 1. The Labute approximate surface area is 120 Å². The Morgan fingerprint density at radius 2 is 1.40 bits per heavy atom. The summed E-state index contributed by atoms with van der Waals surface area (Å²) in [7, 11) is 0. The SMILES string of the molecule is C=CCOc1ccc(/C=C/C=C/c2ccccc2)cc1. The lowest BCUT2D eigenvalue weighted by Gasteiger charge is -2.02. The van der Waals surface area contributed by atoms with Crippen LogP contribution in [0.1, 0.15) is 11.1 Å². The maximum atomic E-state index is 5.44. The van der Waals surface area contributed by atoms with E-state index in [0.29, 0.717) is 6.61 Å². The van der Waals surface area contributed by atoms with Gasteiger partial charge in [0.05, 0.1) is 0 Å². The van der Waals surface area contributed by atoms with Crippen LogP contribution in [0, 0.1) is 0 Å². The predicted octanol–water partition coefficient (Wildman–Crippen LogP) is 4.98. The highest BCUT2D eigenvalue weighted by atomic mass is 16.5. The molecule has 20 heavy (non-hydrogen) atoms. The van der Waals surface area contributed by atoms with Crippen LogP contribution < -0.4 is 4.74 Å². The van der Waals surface area contributed by atoms with Crippen molar-refractivity contribution in [2.75, 3.05) is 6.61 Å². The van der Waals surface area contributed by atoms with E-state index >= 15 is 0 Å². The van der Waals surface area contributed by atoms with E-state index in [-0.39, 0.29) is 0 Å². The molecule has 100 valence electrons. The first-order valence-electron chi connectivity index (χ1n) is 6.62. The molecular weight excluding hydrogens is 244 g/mol. The molecule has 0 saturated carbocycles. The van der Waals surface area contributed by atoms with Crippen molar-refractivity contribution in [1.29, 1.82) is 0 Å². The Balaban J connectivity index is 1.91. The van der Waals surface area contributed by atoms with Gasteiger partial charge < -0.3 is 4.74 Å². The average molecular weight is 262 g/mol. The summed E-state index contributed by atoms with van der Waals surface area (Å²) < 4.78 is 5.44. The molecule has 0 spiro atoms. The first-order valence-corrected chi connectivity index (χ1v) is 6.62. The van der Waals surface area contributed by atoms with Gasteiger partial charge in [-0.15, -0.1) is 0 Å². The lowest BCUT2D eigenvalue weighted by molar-refractivity contribution is 0.363. The molecule has 0 atom stereocenters. The van der Waals surface area contributed by atoms with Gasteiger partial charge >= 0.3 is 0 Å². The molecule has 0 saturated heterocycles. The summed E-state index contributed by atoms with van der Waals surface area (Å²) in [5.41, 5.74) is 2.35. The average Bonchev–Trinajstić information content (AvgIpc) is 2.52. The Kier molecular flexibility index (Phi) is 5.41. The number of benzene rings is 2. The Morgan fingerprint density at radius 1 is 0.800 bits per heavy atom. The predicted molar refractivity (Wildman–Crippen MR) is 86.6 cm³/mol. The van der Waals surface area contributed by atoms with E-state index in [4.69, 9.17) is 4.74 Å². The van der Waals surface area contributed by atoms with Crippen molar-refractivity contribution in [1.82, 2.24) is 0 Å². The smallest absolute Gasteiger partial charge is 0.119 e. The Bertz CT molecular complexity index is 577. The number of ether oxygens (including phenoxy) is 1. The monoisotopic (exact) mass is 262 g/mol. The molecule has 2 aromatic carbocycles. The van der Waals surface area contributed by atoms with Crippen LogP contribution in [0.2, 0.25) is 0 Å². The molecule has 0 aliphatic heterocycles. The van der Waals surface area contributed by atoms with Crippen molar-refractivity contribution in [3.63, 3.8) is 0 Å². The molecule has 0 N–H and O–H groups in total. The van der Waals surface area contributed by atoms with Crippen LogP contribution in [0.15, 0.2) is 79.4 Å². The van der Waals surface area contributed by atoms with Crippen molar-refractivity contribution in [2.24, 2.45) is 0 Å². The topological polar surface area (TPSA) is 9.23 Å². The molecule has 0 aliphatic carbocycles. The van der Waals surface area contributed by atoms with Gasteiger partial charge in [0, 0.05) is 0 Å². The number of hydrogen-bond donors (Lipinski definition) is 0. The molecule has 0 unspecified atom stereocenters. The quantitative estimate of drug-likeness (QED) is 0.527. The van der Waals surface area contributed by atoms with Crippen LogP contribution in [0.3, 0.4) is 0 Å². The van der Waals surface area contributed by atoms with E-state index in [0.717, 1.165) is 11.3 Å². The zero-order valence-corrected chi connectivity index (χ0v) is 11.4. The van der Waals surface area contributed by atoms with Gasteiger partial charge in [-0.3, -0.25) is 0 Å². The fraction of sp³-hybridized carbons (Fsp3) is 0.0526. The maximum Gasteiger partial charge on any atom is 0.119 e. The first-order chi connectivity index (χ1) is 9.88. The van der Waals surface area contributed by atoms with E-state index in [1.165, 1.54) is 5.56 Å². The minimum atomic E-state index is 0.537. The zero-order chi connectivity index (χ0) is 14.0. The van der Waals surface area contributed by atoms with Gasteiger partial charge in [-0.25, -0.2) is 0 Å². The maximum absolute atomic E-state index is 5.44. The van der Waals surface area contributed by atoms with Crippen molar-refractivity contribution >= 4 is 12.2 Å². The number of allylic oxidation sites excluding steroid dienone is 2. The van der Waals surface area contributed by atoms with Gasteiger partial charge in [0.1, 0.15) is 12.4 Å². The van der Waals surface area contributed by atoms with Crippen LogP contribution in [-0.2, 0) is 0 Å². The second-order valence-corrected chi connectivity index (χ2v) is 4.30. The first kappa shape index (κ1) is 13.9. The summed E-state index contributed by atoms with van der Waals surface area (Å²) >= 11 is 0. The van der Waals surface area contributed by atoms with Crippen molar-refractivity contribution < 1.29 is 4.74 Å². The second-order valence-electron chi connectivity index (χ2n) is 4.30. The van der Waals surface area contributed by atoms with Crippen LogP contribution in [0.4, 0.5) is 0 Å². The third-order valence-electron chi connectivity index (χ3n) is 2.74. The summed E-state index contributed by atoms with van der Waals surface area (Å²) in [4.78, 5) is 0. The molecule has 2 rings (SSSR count). The normalized spacial score (nSPS) is 11.0. The standard InChI is InChI=1S/C19H18O/c1-2-16-20-19-14-12-18(13-15-19)11-7-6-10-17-8-4-3-5-9-17/h2-15H,1,16H2/b10-6+,11-7+. The van der Waals surface area contributed by atoms with Crippen molar-refractivity contribution in [3.8, 4) is 5.75 Å². The molecule has 0 bridgehead atoms. The summed E-state index contributed by atoms with van der Waals surface area (Å²) in [5.74, 6) is 0.863. The molecule has 0 fully saturated rings. The fourth-order valence-electron chi connectivity index (χ4n) is 1.73. The summed E-state index contributed by atoms with van der Waals surface area (Å²) in [6, 6.07) is 18.2. The van der Waals surface area contributed by atoms with Crippen LogP contribution in [-0.4, -0.2) is 6.61 Å². The highest BCUT2D eigenvalue weighted by Crippen LogP contribution is 2.13. The van der Waals surface area contributed by atoms with Gasteiger partial charge in [0.15, 0.2) is 0 Å². The summed E-state index contributed by atoms with van der Waals surface area (Å²) in [6.07, 6.45) is 9.96. The summed E-state index contributed by atoms with van der Waals surface area (Å²) in [6.45, 7) is 4.16. The lowest BCUT2D eigenvalue weighted by atomic mass is 10.2. The third kappa shape index (κ3) is 4.62. The van der Waals surface area contributed by atoms with Crippen molar-refractivity contribution in [2.45, 2.75) is 0 Å². The summed E-state index contributed by atoms with van der Waals surface area (Å²) in [5, 5.41) is 0. The second kappa shape index (κ2) is 7.80. The van der Waals surface area contributed by atoms with E-state index < -0.39 is 0 Å². The zero-order valence-electron chi connectivity index (χ0n) is 11.4. The van der Waals surface area contributed by atoms with E-state index in [9.17, 15) is 0 Å². The van der Waals surface area contributed by atoms with Gasteiger partial charge in [-0.2, -0.15) is 0 Å². The largest absolute Gasteiger partial charge is 0.490 e. The van der Waals surface area contributed by atoms with E-state index in [1.807, 2.05) is 54.6 Å². The Hall–Kier alpha value is -2.54. The third-order valence-corrected chi connectivity index (χ3v) is 2.74. The van der Waals surface area contributed by atoms with Gasteiger partial charge in [-0.05, 0) is 23.3 Å². The highest BCUT2D eigenvalue weighted by Gasteiger charge is 1.91. The molecular formula is C19H18O. The molecule has 0 aromatic heterocycles. The molecule has 0 aliphatic rings. The van der Waals surface area contributed by atoms with Crippen LogP contribution in [0.5, 0.6) is 5.75 Å². The van der Waals surface area contributed by atoms with Crippen LogP contribution in [0.25, 0.3) is 12.2 Å². The highest BCUT2D eigenvalue weighted by molar-refractivity contribution is 5.57. The molecule has 2 aromatic rings. The lowest BCUT2D eigenvalue weighted by Crippen LogP contribution is -1.91. The number of rotatable bonds is 6. The molecule has 0 amide bonds. The molecule has 1 heteroatoms.